The van der Waals surface area contributed by atoms with Gasteiger partial charge in [-0.2, -0.15) is 0 Å². The number of rotatable bonds is 6. The first-order valence-corrected chi connectivity index (χ1v) is 9.45. The van der Waals surface area contributed by atoms with Crippen LogP contribution in [-0.4, -0.2) is 41.0 Å². The van der Waals surface area contributed by atoms with Crippen LogP contribution in [0.4, 0.5) is 10.5 Å². The van der Waals surface area contributed by atoms with Crippen molar-refractivity contribution in [3.63, 3.8) is 0 Å². The quantitative estimate of drug-likeness (QED) is 0.712. The molecule has 1 heterocycles. The first kappa shape index (κ1) is 20.7. The Morgan fingerprint density at radius 3 is 2.70 bits per heavy atom. The van der Waals surface area contributed by atoms with Crippen LogP contribution in [0.15, 0.2) is 24.3 Å². The summed E-state index contributed by atoms with van der Waals surface area (Å²) in [7, 11) is 0. The van der Waals surface area contributed by atoms with Crippen molar-refractivity contribution in [2.75, 3.05) is 18.4 Å². The predicted octanol–water partition coefficient (Wildman–Crippen LogP) is 2.92. The molecule has 1 aliphatic heterocycles. The van der Waals surface area contributed by atoms with Crippen LogP contribution in [-0.2, 0) is 16.1 Å². The van der Waals surface area contributed by atoms with E-state index < -0.39 is 11.9 Å². The van der Waals surface area contributed by atoms with Crippen LogP contribution in [0.3, 0.4) is 0 Å². The molecule has 1 aliphatic rings. The van der Waals surface area contributed by atoms with Crippen LogP contribution in [0.1, 0.15) is 39.2 Å². The Morgan fingerprint density at radius 1 is 1.30 bits per heavy atom. The molecule has 1 saturated heterocycles. The lowest BCUT2D eigenvalue weighted by atomic mass is 9.91. The van der Waals surface area contributed by atoms with Gasteiger partial charge in [-0.05, 0) is 36.5 Å². The zero-order chi connectivity index (χ0) is 20.0. The van der Waals surface area contributed by atoms with Crippen LogP contribution < -0.4 is 10.6 Å². The molecule has 0 saturated carbocycles. The number of carboxylic acids is 1. The fourth-order valence-electron chi connectivity index (χ4n) is 3.20. The van der Waals surface area contributed by atoms with Gasteiger partial charge in [0.05, 0.1) is 5.92 Å². The molecule has 3 N–H and O–H groups in total. The third kappa shape index (κ3) is 5.98. The minimum Gasteiger partial charge on any atom is -0.481 e. The van der Waals surface area contributed by atoms with E-state index in [9.17, 15) is 19.5 Å². The lowest BCUT2D eigenvalue weighted by Gasteiger charge is -2.34. The molecule has 148 valence electrons. The van der Waals surface area contributed by atoms with E-state index in [1.165, 1.54) is 0 Å². The Bertz CT molecular complexity index is 692. The summed E-state index contributed by atoms with van der Waals surface area (Å²) in [5.41, 5.74) is 1.56. The van der Waals surface area contributed by atoms with Crippen LogP contribution in [0.25, 0.3) is 0 Å². The topological polar surface area (TPSA) is 98.7 Å². The Labute approximate surface area is 160 Å². The number of hydrogen-bond donors (Lipinski definition) is 3. The van der Waals surface area contributed by atoms with Crippen molar-refractivity contribution in [2.45, 2.75) is 40.2 Å². The standard InChI is InChI=1S/C20H29N3O4/c1-4-14(3)18(24)22-17-7-5-6-15(9-17)10-21-20(27)23-11-13(2)8-16(12-23)19(25)26/h5-7,9,13-14,16H,4,8,10-12H2,1-3H3,(H,21,27)(H,22,24)(H,25,26). The van der Waals surface area contributed by atoms with Gasteiger partial charge in [-0.25, -0.2) is 4.79 Å². The summed E-state index contributed by atoms with van der Waals surface area (Å²) >= 11 is 0. The van der Waals surface area contributed by atoms with E-state index in [1.807, 2.05) is 45.0 Å². The summed E-state index contributed by atoms with van der Waals surface area (Å²) in [4.78, 5) is 37.3. The van der Waals surface area contributed by atoms with E-state index in [0.29, 0.717) is 25.2 Å². The Kier molecular flexibility index (Phi) is 7.21. The maximum atomic E-state index is 12.4. The van der Waals surface area contributed by atoms with Crippen molar-refractivity contribution in [1.82, 2.24) is 10.2 Å². The van der Waals surface area contributed by atoms with E-state index in [0.717, 1.165) is 12.0 Å². The molecule has 7 nitrogen and oxygen atoms in total. The van der Waals surface area contributed by atoms with Crippen molar-refractivity contribution >= 4 is 23.6 Å². The Hall–Kier alpha value is -2.57. The molecule has 3 unspecified atom stereocenters. The molecule has 27 heavy (non-hydrogen) atoms. The molecule has 0 aliphatic carbocycles. The van der Waals surface area contributed by atoms with Gasteiger partial charge in [-0.1, -0.05) is 32.9 Å². The average molecular weight is 375 g/mol. The van der Waals surface area contributed by atoms with Gasteiger partial charge in [0.1, 0.15) is 0 Å². The minimum absolute atomic E-state index is 0.0271. The van der Waals surface area contributed by atoms with Crippen LogP contribution in [0, 0.1) is 17.8 Å². The number of carboxylic acid groups (broad SMARTS) is 1. The molecule has 1 aromatic rings. The number of anilines is 1. The van der Waals surface area contributed by atoms with E-state index in [-0.39, 0.29) is 30.3 Å². The van der Waals surface area contributed by atoms with Crippen LogP contribution >= 0.6 is 0 Å². The number of aliphatic carboxylic acids is 1. The number of piperidine rings is 1. The highest BCUT2D eigenvalue weighted by Gasteiger charge is 2.31. The van der Waals surface area contributed by atoms with Gasteiger partial charge in [0, 0.05) is 31.2 Å². The minimum atomic E-state index is -0.857. The van der Waals surface area contributed by atoms with Gasteiger partial charge in [0.15, 0.2) is 0 Å². The zero-order valence-electron chi connectivity index (χ0n) is 16.2. The average Bonchev–Trinajstić information content (AvgIpc) is 2.65. The smallest absolute Gasteiger partial charge is 0.317 e. The van der Waals surface area contributed by atoms with Gasteiger partial charge in [0.25, 0.3) is 0 Å². The van der Waals surface area contributed by atoms with E-state index >= 15 is 0 Å². The molecular weight excluding hydrogens is 346 g/mol. The number of carbonyl (C=O) groups is 3. The largest absolute Gasteiger partial charge is 0.481 e. The normalized spacial score (nSPS) is 20.6. The number of carbonyl (C=O) groups excluding carboxylic acids is 2. The summed E-state index contributed by atoms with van der Waals surface area (Å²) in [5.74, 6) is -1.30. The highest BCUT2D eigenvalue weighted by molar-refractivity contribution is 5.92. The lowest BCUT2D eigenvalue weighted by Crippen LogP contribution is -2.49. The van der Waals surface area contributed by atoms with Gasteiger partial charge in [-0.15, -0.1) is 0 Å². The number of benzene rings is 1. The lowest BCUT2D eigenvalue weighted by molar-refractivity contribution is -0.143. The van der Waals surface area contributed by atoms with Crippen molar-refractivity contribution < 1.29 is 19.5 Å². The molecule has 7 heteroatoms. The highest BCUT2D eigenvalue weighted by atomic mass is 16.4. The fourth-order valence-corrected chi connectivity index (χ4v) is 3.20. The third-order valence-electron chi connectivity index (χ3n) is 4.99. The number of amides is 3. The van der Waals surface area contributed by atoms with Crippen molar-refractivity contribution in [3.05, 3.63) is 29.8 Å². The second-order valence-electron chi connectivity index (χ2n) is 7.44. The van der Waals surface area contributed by atoms with E-state index in [1.54, 1.807) is 4.90 Å². The second kappa shape index (κ2) is 9.39. The van der Waals surface area contributed by atoms with Gasteiger partial charge in [-0.3, -0.25) is 9.59 Å². The zero-order valence-corrected chi connectivity index (χ0v) is 16.2. The molecular formula is C20H29N3O4. The summed E-state index contributed by atoms with van der Waals surface area (Å²) in [5, 5.41) is 15.0. The molecule has 0 bridgehead atoms. The Balaban J connectivity index is 1.92. The molecule has 2 rings (SSSR count). The van der Waals surface area contributed by atoms with Gasteiger partial charge in [0.2, 0.25) is 5.91 Å². The molecule has 1 aromatic carbocycles. The second-order valence-corrected chi connectivity index (χ2v) is 7.44. The van der Waals surface area contributed by atoms with E-state index in [2.05, 4.69) is 10.6 Å². The summed E-state index contributed by atoms with van der Waals surface area (Å²) in [6, 6.07) is 7.09. The predicted molar refractivity (Wildman–Crippen MR) is 103 cm³/mol. The third-order valence-corrected chi connectivity index (χ3v) is 4.99. The maximum absolute atomic E-state index is 12.4. The van der Waals surface area contributed by atoms with Crippen LogP contribution in [0.2, 0.25) is 0 Å². The highest BCUT2D eigenvalue weighted by Crippen LogP contribution is 2.22. The van der Waals surface area contributed by atoms with Crippen molar-refractivity contribution in [1.29, 1.82) is 0 Å². The Morgan fingerprint density at radius 2 is 2.04 bits per heavy atom. The number of urea groups is 1. The summed E-state index contributed by atoms with van der Waals surface area (Å²) < 4.78 is 0. The molecule has 0 spiro atoms. The SMILES string of the molecule is CCC(C)C(=O)Nc1cccc(CNC(=O)N2CC(C)CC(C(=O)O)C2)c1. The molecule has 3 amide bonds. The molecule has 3 atom stereocenters. The van der Waals surface area contributed by atoms with Crippen LogP contribution in [0.5, 0.6) is 0 Å². The number of hydrogen-bond acceptors (Lipinski definition) is 3. The monoisotopic (exact) mass is 375 g/mol. The maximum Gasteiger partial charge on any atom is 0.317 e. The van der Waals surface area contributed by atoms with Gasteiger partial charge < -0.3 is 20.6 Å². The number of nitrogens with zero attached hydrogens (tertiary/aromatic N) is 1. The first-order chi connectivity index (χ1) is 12.8. The van der Waals surface area contributed by atoms with E-state index in [4.69, 9.17) is 0 Å². The first-order valence-electron chi connectivity index (χ1n) is 9.45. The number of likely N-dealkylation sites (tertiary alicyclic amines) is 1. The molecule has 0 aromatic heterocycles. The molecule has 0 radical (unpaired) electrons. The fraction of sp³-hybridized carbons (Fsp3) is 0.550. The molecule has 1 fully saturated rings. The van der Waals surface area contributed by atoms with Crippen molar-refractivity contribution in [2.24, 2.45) is 17.8 Å². The number of nitrogens with one attached hydrogen (secondary N) is 2. The van der Waals surface area contributed by atoms with Gasteiger partial charge >= 0.3 is 12.0 Å². The van der Waals surface area contributed by atoms with Crippen molar-refractivity contribution in [3.8, 4) is 0 Å². The summed E-state index contributed by atoms with van der Waals surface area (Å²) in [6.07, 6.45) is 1.37. The summed E-state index contributed by atoms with van der Waals surface area (Å²) in [6.45, 7) is 6.90.